The lowest BCUT2D eigenvalue weighted by molar-refractivity contribution is 0.229. The van der Waals surface area contributed by atoms with Crippen LogP contribution in [0.3, 0.4) is 0 Å². The number of rotatable bonds is 5. The van der Waals surface area contributed by atoms with Crippen LogP contribution in [0.5, 0.6) is 11.5 Å². The van der Waals surface area contributed by atoms with Crippen molar-refractivity contribution >= 4 is 15.6 Å². The number of hydrogen-bond donors (Lipinski definition) is 4. The summed E-state index contributed by atoms with van der Waals surface area (Å²) in [6.07, 6.45) is 0. The van der Waals surface area contributed by atoms with Crippen LogP contribution >= 0.6 is 15.6 Å². The number of aromatic hydroxyl groups is 1. The van der Waals surface area contributed by atoms with Gasteiger partial charge in [0.1, 0.15) is 11.5 Å². The summed E-state index contributed by atoms with van der Waals surface area (Å²) < 4.78 is 30.7. The Kier molecular flexibility index (Phi) is 4.72. The largest absolute Gasteiger partial charge is 0.536 e. The van der Waals surface area contributed by atoms with E-state index in [1.807, 2.05) is 0 Å². The van der Waals surface area contributed by atoms with Crippen molar-refractivity contribution in [3.05, 3.63) is 48.5 Å². The number of phenols is 1. The highest BCUT2D eigenvalue weighted by atomic mass is 31.3. The second kappa shape index (κ2) is 6.22. The number of benzene rings is 2. The molecule has 0 spiro atoms. The first-order valence-electron chi connectivity index (χ1n) is 5.85. The molecule has 0 fully saturated rings. The van der Waals surface area contributed by atoms with E-state index in [4.69, 9.17) is 9.79 Å². The zero-order valence-electron chi connectivity index (χ0n) is 10.9. The lowest BCUT2D eigenvalue weighted by Crippen LogP contribution is -1.97. The molecule has 4 N–H and O–H groups in total. The van der Waals surface area contributed by atoms with Gasteiger partial charge in [0.15, 0.2) is 0 Å². The Morgan fingerprint density at radius 1 is 0.864 bits per heavy atom. The molecule has 0 bridgehead atoms. The van der Waals surface area contributed by atoms with Crippen molar-refractivity contribution in [1.82, 2.24) is 0 Å². The van der Waals surface area contributed by atoms with Crippen molar-refractivity contribution in [3.8, 4) is 22.6 Å². The molecule has 0 aliphatic carbocycles. The molecular weight excluding hydrogens is 334 g/mol. The topological polar surface area (TPSA) is 134 Å². The first kappa shape index (κ1) is 16.7. The third kappa shape index (κ3) is 4.42. The third-order valence-corrected chi connectivity index (χ3v) is 4.59. The van der Waals surface area contributed by atoms with Crippen molar-refractivity contribution in [2.45, 2.75) is 0 Å². The summed E-state index contributed by atoms with van der Waals surface area (Å²) in [5.41, 5.74) is 0.568. The molecule has 0 aromatic heterocycles. The maximum absolute atomic E-state index is 11.6. The number of phosphoric ester groups is 1. The molecule has 0 heterocycles. The Bertz CT molecular complexity index is 755. The molecular formula is C12H12O8P2. The number of phenolic OH excluding ortho intramolecular Hbond substituents is 1. The van der Waals surface area contributed by atoms with Gasteiger partial charge < -0.3 is 19.4 Å². The van der Waals surface area contributed by atoms with Crippen LogP contribution in [-0.2, 0) is 13.4 Å². The Balaban J connectivity index is 2.43. The first-order chi connectivity index (χ1) is 10.2. The molecule has 0 saturated heterocycles. The highest BCUT2D eigenvalue weighted by Crippen LogP contribution is 2.58. The molecule has 8 nitrogen and oxygen atoms in total. The van der Waals surface area contributed by atoms with Crippen LogP contribution in [-0.4, -0.2) is 19.8 Å². The summed E-state index contributed by atoms with van der Waals surface area (Å²) in [6.45, 7) is 0. The fraction of sp³-hybridized carbons (Fsp3) is 0. The van der Waals surface area contributed by atoms with Crippen LogP contribution in [0.4, 0.5) is 0 Å². The summed E-state index contributed by atoms with van der Waals surface area (Å²) in [5.74, 6) is -0.495. The Hall–Kier alpha value is -1.66. The zero-order chi connectivity index (χ0) is 16.4. The quantitative estimate of drug-likeness (QED) is 0.607. The highest BCUT2D eigenvalue weighted by Gasteiger charge is 2.34. The normalized spacial score (nSPS) is 14.3. The Labute approximate surface area is 125 Å². The van der Waals surface area contributed by atoms with Gasteiger partial charge in [0.05, 0.1) is 5.56 Å². The molecule has 0 aliphatic heterocycles. The van der Waals surface area contributed by atoms with E-state index in [2.05, 4.69) is 8.83 Å². The van der Waals surface area contributed by atoms with Gasteiger partial charge in [0.25, 0.3) is 0 Å². The summed E-state index contributed by atoms with van der Waals surface area (Å²) >= 11 is 0. The van der Waals surface area contributed by atoms with E-state index in [9.17, 15) is 19.1 Å². The van der Waals surface area contributed by atoms with Crippen molar-refractivity contribution in [1.29, 1.82) is 0 Å². The van der Waals surface area contributed by atoms with Crippen LogP contribution in [0, 0.1) is 0 Å². The molecule has 2 aromatic carbocycles. The van der Waals surface area contributed by atoms with Crippen LogP contribution in [0.25, 0.3) is 11.1 Å². The van der Waals surface area contributed by atoms with E-state index in [0.717, 1.165) is 0 Å². The molecule has 1 atom stereocenters. The first-order valence-corrected chi connectivity index (χ1v) is 8.87. The van der Waals surface area contributed by atoms with Gasteiger partial charge in [0.2, 0.25) is 0 Å². The van der Waals surface area contributed by atoms with Gasteiger partial charge in [-0.05, 0) is 17.7 Å². The molecule has 0 amide bonds. The van der Waals surface area contributed by atoms with Crippen molar-refractivity contribution in [3.63, 3.8) is 0 Å². The average molecular weight is 346 g/mol. The smallest absolute Gasteiger partial charge is 0.507 e. The molecule has 118 valence electrons. The van der Waals surface area contributed by atoms with E-state index in [1.54, 1.807) is 30.3 Å². The standard InChI is InChI=1S/C12H12O8P2/c13-10-7-4-8-11(12(10)9-5-2-1-3-6-9)19-22(17,18)20-21(14,15)16/h1-8,13H,(H,17,18)(H2,14,15,16). The fourth-order valence-corrected chi connectivity index (χ4v) is 3.38. The predicted molar refractivity (Wildman–Crippen MR) is 77.1 cm³/mol. The van der Waals surface area contributed by atoms with Gasteiger partial charge >= 0.3 is 15.6 Å². The zero-order valence-corrected chi connectivity index (χ0v) is 12.7. The Morgan fingerprint density at radius 3 is 2.09 bits per heavy atom. The van der Waals surface area contributed by atoms with Gasteiger partial charge in [0, 0.05) is 0 Å². The summed E-state index contributed by atoms with van der Waals surface area (Å²) in [6, 6.07) is 12.3. The molecule has 0 saturated carbocycles. The van der Waals surface area contributed by atoms with E-state index in [0.29, 0.717) is 5.56 Å². The van der Waals surface area contributed by atoms with Crippen molar-refractivity contribution < 1.29 is 37.8 Å². The SMILES string of the molecule is O=P(O)(O)OP(=O)(O)Oc1cccc(O)c1-c1ccccc1. The minimum atomic E-state index is -5.22. The second-order valence-electron chi connectivity index (χ2n) is 4.15. The fourth-order valence-electron chi connectivity index (χ4n) is 1.77. The lowest BCUT2D eigenvalue weighted by Gasteiger charge is -2.16. The molecule has 2 aromatic rings. The van der Waals surface area contributed by atoms with E-state index >= 15 is 0 Å². The summed E-state index contributed by atoms with van der Waals surface area (Å²) in [7, 11) is -10.3. The van der Waals surface area contributed by atoms with E-state index in [1.165, 1.54) is 18.2 Å². The minimum absolute atomic E-state index is 0.0895. The number of phosphoric acid groups is 2. The van der Waals surface area contributed by atoms with Crippen molar-refractivity contribution in [2.75, 3.05) is 0 Å². The van der Waals surface area contributed by atoms with Crippen LogP contribution < -0.4 is 4.52 Å². The molecule has 0 aliphatic rings. The summed E-state index contributed by atoms with van der Waals surface area (Å²) in [4.78, 5) is 26.6. The maximum Gasteiger partial charge on any atom is 0.536 e. The van der Waals surface area contributed by atoms with Gasteiger partial charge in [-0.1, -0.05) is 36.4 Å². The van der Waals surface area contributed by atoms with E-state index < -0.39 is 15.6 Å². The van der Waals surface area contributed by atoms with Crippen LogP contribution in [0.2, 0.25) is 0 Å². The lowest BCUT2D eigenvalue weighted by atomic mass is 10.0. The van der Waals surface area contributed by atoms with Gasteiger partial charge in [-0.2, -0.15) is 4.31 Å². The van der Waals surface area contributed by atoms with E-state index in [-0.39, 0.29) is 17.1 Å². The minimum Gasteiger partial charge on any atom is -0.507 e. The highest BCUT2D eigenvalue weighted by molar-refractivity contribution is 7.60. The Morgan fingerprint density at radius 2 is 1.50 bits per heavy atom. The molecule has 1 unspecified atom stereocenters. The molecule has 10 heteroatoms. The van der Waals surface area contributed by atoms with Gasteiger partial charge in [-0.15, -0.1) is 0 Å². The van der Waals surface area contributed by atoms with Crippen LogP contribution in [0.15, 0.2) is 48.5 Å². The van der Waals surface area contributed by atoms with Gasteiger partial charge in [-0.3, -0.25) is 4.89 Å². The molecule has 2 rings (SSSR count). The second-order valence-corrected chi connectivity index (χ2v) is 6.90. The average Bonchev–Trinajstić information content (AvgIpc) is 2.36. The predicted octanol–water partition coefficient (Wildman–Crippen LogP) is 2.65. The third-order valence-electron chi connectivity index (χ3n) is 2.49. The monoisotopic (exact) mass is 346 g/mol. The van der Waals surface area contributed by atoms with Crippen molar-refractivity contribution in [2.24, 2.45) is 0 Å². The van der Waals surface area contributed by atoms with Gasteiger partial charge in [-0.25, -0.2) is 9.13 Å². The molecule has 0 radical (unpaired) electrons. The van der Waals surface area contributed by atoms with Crippen LogP contribution in [0.1, 0.15) is 0 Å². The maximum atomic E-state index is 11.6. The molecule has 22 heavy (non-hydrogen) atoms. The number of hydrogen-bond acceptors (Lipinski definition) is 5. The summed E-state index contributed by atoms with van der Waals surface area (Å²) in [5, 5.41) is 9.93.